The van der Waals surface area contributed by atoms with Gasteiger partial charge < -0.3 is 15.4 Å². The van der Waals surface area contributed by atoms with Gasteiger partial charge in [0.2, 0.25) is 0 Å². The van der Waals surface area contributed by atoms with Gasteiger partial charge in [-0.05, 0) is 30.2 Å². The molecule has 3 heterocycles. The summed E-state index contributed by atoms with van der Waals surface area (Å²) >= 11 is 5.86. The molecule has 8 heteroatoms. The molecule has 0 spiro atoms. The molecule has 126 valence electrons. The quantitative estimate of drug-likeness (QED) is 0.772. The topological polar surface area (TPSA) is 98.3 Å². The summed E-state index contributed by atoms with van der Waals surface area (Å²) in [6.07, 6.45) is 2.19. The number of hydrogen-bond acceptors (Lipinski definition) is 5. The summed E-state index contributed by atoms with van der Waals surface area (Å²) in [7, 11) is 0. The number of fused-ring (bicyclic) bond motifs is 1. The Bertz CT molecular complexity index is 834. The first-order valence-corrected chi connectivity index (χ1v) is 7.87. The van der Waals surface area contributed by atoms with E-state index in [4.69, 9.17) is 11.6 Å². The Morgan fingerprint density at radius 3 is 3.04 bits per heavy atom. The minimum absolute atomic E-state index is 0.163. The Morgan fingerprint density at radius 2 is 2.33 bits per heavy atom. The molecule has 0 bridgehead atoms. The van der Waals surface area contributed by atoms with Crippen LogP contribution in [-0.2, 0) is 24.4 Å². The van der Waals surface area contributed by atoms with Crippen LogP contribution in [0.5, 0.6) is 0 Å². The van der Waals surface area contributed by atoms with Crippen molar-refractivity contribution in [2.45, 2.75) is 32.7 Å². The average molecular weight is 349 g/mol. The van der Waals surface area contributed by atoms with Crippen LogP contribution < -0.4 is 10.9 Å². The zero-order valence-corrected chi connectivity index (χ0v) is 13.8. The normalized spacial score (nSPS) is 15.1. The maximum absolute atomic E-state index is 11.7. The van der Waals surface area contributed by atoms with Crippen LogP contribution >= 0.6 is 11.6 Å². The molecule has 0 saturated heterocycles. The molecule has 1 aliphatic rings. The van der Waals surface area contributed by atoms with Crippen molar-refractivity contribution >= 4 is 23.3 Å². The number of nitrogens with zero attached hydrogens (tertiary/aromatic N) is 2. The van der Waals surface area contributed by atoms with E-state index in [1.165, 1.54) is 6.92 Å². The molecular formula is C16H17ClN4O3. The molecule has 24 heavy (non-hydrogen) atoms. The Balaban J connectivity index is 1.75. The van der Waals surface area contributed by atoms with E-state index in [1.54, 1.807) is 18.5 Å². The summed E-state index contributed by atoms with van der Waals surface area (Å²) in [6, 6.07) is 3.56. The zero-order valence-electron chi connectivity index (χ0n) is 13.0. The van der Waals surface area contributed by atoms with Crippen LogP contribution in [0.3, 0.4) is 0 Å². The smallest absolute Gasteiger partial charge is 0.266 e. The lowest BCUT2D eigenvalue weighted by Crippen LogP contribution is -2.25. The number of anilines is 1. The van der Waals surface area contributed by atoms with Gasteiger partial charge in [0.15, 0.2) is 0 Å². The van der Waals surface area contributed by atoms with E-state index >= 15 is 0 Å². The van der Waals surface area contributed by atoms with Crippen LogP contribution in [0.2, 0.25) is 5.02 Å². The van der Waals surface area contributed by atoms with Crippen molar-refractivity contribution < 1.29 is 9.90 Å². The first kappa shape index (κ1) is 16.6. The maximum atomic E-state index is 11.7. The fraction of sp³-hybridized carbons (Fsp3) is 0.312. The fourth-order valence-electron chi connectivity index (χ4n) is 2.66. The molecule has 0 aromatic carbocycles. The minimum atomic E-state index is -1.09. The van der Waals surface area contributed by atoms with Gasteiger partial charge in [0, 0.05) is 37.6 Å². The molecule has 1 aliphatic heterocycles. The van der Waals surface area contributed by atoms with Gasteiger partial charge in [-0.2, -0.15) is 0 Å². The SMILES string of the molecule is C[C@@H](O)C(=O)Nc1nccc2c1CN(Cc1c[nH]c(=O)c(Cl)c1)C2. The number of carbonyl (C=O) groups excluding carboxylic acids is 1. The number of aromatic amines is 1. The lowest BCUT2D eigenvalue weighted by atomic mass is 10.1. The third-order valence-electron chi connectivity index (χ3n) is 3.87. The molecule has 0 saturated carbocycles. The number of halogens is 1. The molecule has 3 rings (SSSR count). The van der Waals surface area contributed by atoms with Crippen molar-refractivity contribution in [3.05, 3.63) is 56.6 Å². The van der Waals surface area contributed by atoms with Gasteiger partial charge in [0.05, 0.1) is 0 Å². The number of H-pyrrole nitrogens is 1. The summed E-state index contributed by atoms with van der Waals surface area (Å²) in [5.41, 5.74) is 2.59. The molecule has 0 radical (unpaired) electrons. The summed E-state index contributed by atoms with van der Waals surface area (Å²) < 4.78 is 0. The average Bonchev–Trinajstić information content (AvgIpc) is 2.94. The number of aliphatic hydroxyl groups excluding tert-OH is 1. The number of aromatic nitrogens is 2. The van der Waals surface area contributed by atoms with Crippen LogP contribution in [0.1, 0.15) is 23.6 Å². The van der Waals surface area contributed by atoms with E-state index < -0.39 is 12.0 Å². The van der Waals surface area contributed by atoms with Crippen molar-refractivity contribution in [2.75, 3.05) is 5.32 Å². The number of aliphatic hydroxyl groups is 1. The standard InChI is InChI=1S/C16H17ClN4O3/c1-9(22)15(23)20-14-12-8-21(7-11(12)2-3-18-14)6-10-4-13(17)16(24)19-5-10/h2-5,9,22H,6-8H2,1H3,(H,19,24)(H,18,20,23)/t9-/m1/s1. The monoisotopic (exact) mass is 348 g/mol. The van der Waals surface area contributed by atoms with E-state index in [0.29, 0.717) is 25.5 Å². The van der Waals surface area contributed by atoms with Crippen molar-refractivity contribution in [3.63, 3.8) is 0 Å². The Hall–Kier alpha value is -2.22. The molecule has 1 atom stereocenters. The summed E-state index contributed by atoms with van der Waals surface area (Å²) in [6.45, 7) is 3.32. The first-order chi connectivity index (χ1) is 11.4. The predicted octanol–water partition coefficient (Wildman–Crippen LogP) is 1.26. The third kappa shape index (κ3) is 3.48. The Kier molecular flexibility index (Phi) is 4.66. The number of amides is 1. The second-order valence-corrected chi connectivity index (χ2v) is 6.20. The molecule has 2 aromatic rings. The van der Waals surface area contributed by atoms with Crippen LogP contribution in [0, 0.1) is 0 Å². The third-order valence-corrected chi connectivity index (χ3v) is 4.15. The summed E-state index contributed by atoms with van der Waals surface area (Å²) in [5.74, 6) is -0.0119. The highest BCUT2D eigenvalue weighted by atomic mass is 35.5. The van der Waals surface area contributed by atoms with E-state index in [0.717, 1.165) is 16.7 Å². The highest BCUT2D eigenvalue weighted by molar-refractivity contribution is 6.30. The van der Waals surface area contributed by atoms with Gasteiger partial charge in [-0.15, -0.1) is 0 Å². The van der Waals surface area contributed by atoms with Crippen LogP contribution in [-0.4, -0.2) is 32.0 Å². The maximum Gasteiger partial charge on any atom is 0.266 e. The molecule has 3 N–H and O–H groups in total. The number of hydrogen-bond donors (Lipinski definition) is 3. The highest BCUT2D eigenvalue weighted by Crippen LogP contribution is 2.28. The molecule has 0 aliphatic carbocycles. The summed E-state index contributed by atoms with van der Waals surface area (Å²) in [4.78, 5) is 32.0. The Morgan fingerprint density at radius 1 is 1.54 bits per heavy atom. The van der Waals surface area contributed by atoms with Crippen LogP contribution in [0.25, 0.3) is 0 Å². The second-order valence-electron chi connectivity index (χ2n) is 5.79. The predicted molar refractivity (Wildman–Crippen MR) is 89.6 cm³/mol. The molecule has 0 fully saturated rings. The first-order valence-electron chi connectivity index (χ1n) is 7.49. The van der Waals surface area contributed by atoms with Gasteiger partial charge in [0.25, 0.3) is 11.5 Å². The lowest BCUT2D eigenvalue weighted by Gasteiger charge is -2.15. The zero-order chi connectivity index (χ0) is 17.3. The van der Waals surface area contributed by atoms with Crippen LogP contribution in [0.15, 0.2) is 29.3 Å². The van der Waals surface area contributed by atoms with E-state index in [-0.39, 0.29) is 10.6 Å². The van der Waals surface area contributed by atoms with Gasteiger partial charge in [-0.3, -0.25) is 14.5 Å². The molecular weight excluding hydrogens is 332 g/mol. The molecule has 2 aromatic heterocycles. The minimum Gasteiger partial charge on any atom is -0.384 e. The van der Waals surface area contributed by atoms with Crippen molar-refractivity contribution in [2.24, 2.45) is 0 Å². The lowest BCUT2D eigenvalue weighted by molar-refractivity contribution is -0.123. The van der Waals surface area contributed by atoms with Gasteiger partial charge in [-0.1, -0.05) is 11.6 Å². The van der Waals surface area contributed by atoms with Crippen molar-refractivity contribution in [1.29, 1.82) is 0 Å². The summed E-state index contributed by atoms with van der Waals surface area (Å²) in [5, 5.41) is 12.1. The van der Waals surface area contributed by atoms with E-state index in [2.05, 4.69) is 20.2 Å². The van der Waals surface area contributed by atoms with Crippen molar-refractivity contribution in [3.8, 4) is 0 Å². The van der Waals surface area contributed by atoms with Gasteiger partial charge in [0.1, 0.15) is 16.9 Å². The number of rotatable bonds is 4. The van der Waals surface area contributed by atoms with Gasteiger partial charge in [-0.25, -0.2) is 4.98 Å². The number of pyridine rings is 2. The van der Waals surface area contributed by atoms with E-state index in [9.17, 15) is 14.7 Å². The van der Waals surface area contributed by atoms with Crippen molar-refractivity contribution in [1.82, 2.24) is 14.9 Å². The largest absolute Gasteiger partial charge is 0.384 e. The second kappa shape index (κ2) is 6.72. The molecule has 0 unspecified atom stereocenters. The number of carbonyl (C=O) groups is 1. The van der Waals surface area contributed by atoms with E-state index in [1.807, 2.05) is 6.07 Å². The number of nitrogens with one attached hydrogen (secondary N) is 2. The Labute approximate surface area is 143 Å². The molecule has 7 nitrogen and oxygen atoms in total. The molecule has 1 amide bonds. The van der Waals surface area contributed by atoms with Crippen LogP contribution in [0.4, 0.5) is 5.82 Å². The highest BCUT2D eigenvalue weighted by Gasteiger charge is 2.24. The van der Waals surface area contributed by atoms with Gasteiger partial charge >= 0.3 is 0 Å². The fourth-order valence-corrected chi connectivity index (χ4v) is 2.86.